The molecule has 3 aliphatic rings. The molecule has 3 rings (SSSR count). The molecule has 0 aromatic rings. The van der Waals surface area contributed by atoms with Crippen molar-refractivity contribution in [3.05, 3.63) is 35.7 Å². The van der Waals surface area contributed by atoms with Gasteiger partial charge in [-0.3, -0.25) is 9.69 Å². The van der Waals surface area contributed by atoms with Gasteiger partial charge >= 0.3 is 6.09 Å². The molecule has 2 heterocycles. The van der Waals surface area contributed by atoms with Crippen LogP contribution in [0.15, 0.2) is 35.7 Å². The van der Waals surface area contributed by atoms with Crippen LogP contribution >= 0.6 is 0 Å². The molecule has 0 spiro atoms. The summed E-state index contributed by atoms with van der Waals surface area (Å²) in [5, 5.41) is 2.68. The molecule has 0 radical (unpaired) electrons. The van der Waals surface area contributed by atoms with Crippen LogP contribution in [0, 0.1) is 0 Å². The van der Waals surface area contributed by atoms with Crippen molar-refractivity contribution in [3.63, 3.8) is 0 Å². The lowest BCUT2D eigenvalue weighted by molar-refractivity contribution is -0.119. The Bertz CT molecular complexity index is 591. The Morgan fingerprint density at radius 3 is 2.71 bits per heavy atom. The number of hydrogen-bond acceptors (Lipinski definition) is 5. The fraction of sp³-hybridized carbons (Fsp3) is 0.529. The maximum atomic E-state index is 12.1. The average Bonchev–Trinajstić information content (AvgIpc) is 2.80. The zero-order valence-electron chi connectivity index (χ0n) is 13.9. The molecule has 1 N–H and O–H groups in total. The molecule has 1 aliphatic carbocycles. The molecular formula is C17H23N3O4. The third-order valence-electron chi connectivity index (χ3n) is 4.22. The van der Waals surface area contributed by atoms with Crippen molar-refractivity contribution in [1.82, 2.24) is 15.1 Å². The maximum Gasteiger partial charge on any atom is 0.414 e. The predicted octanol–water partition coefficient (Wildman–Crippen LogP) is 1.00. The first-order valence-electron chi connectivity index (χ1n) is 8.27. The Morgan fingerprint density at radius 1 is 1.25 bits per heavy atom. The van der Waals surface area contributed by atoms with Gasteiger partial charge in [0.2, 0.25) is 5.91 Å². The van der Waals surface area contributed by atoms with Crippen molar-refractivity contribution in [1.29, 1.82) is 0 Å². The number of carbonyl (C=O) groups excluding carboxylic acids is 2. The molecule has 0 bridgehead atoms. The zero-order chi connectivity index (χ0) is 16.9. The van der Waals surface area contributed by atoms with Gasteiger partial charge in [-0.25, -0.2) is 4.79 Å². The number of amides is 2. The first-order valence-corrected chi connectivity index (χ1v) is 8.27. The van der Waals surface area contributed by atoms with Gasteiger partial charge in [0.15, 0.2) is 0 Å². The number of nitrogens with one attached hydrogen (secondary N) is 1. The van der Waals surface area contributed by atoms with Crippen LogP contribution in [-0.4, -0.2) is 67.3 Å². The largest absolute Gasteiger partial charge is 0.442 e. The summed E-state index contributed by atoms with van der Waals surface area (Å²) in [6, 6.07) is 0. The van der Waals surface area contributed by atoms with Crippen LogP contribution in [0.3, 0.4) is 0 Å². The quantitative estimate of drug-likeness (QED) is 0.831. The highest BCUT2D eigenvalue weighted by Gasteiger charge is 2.33. The molecule has 0 aromatic heterocycles. The molecule has 2 aliphatic heterocycles. The minimum atomic E-state index is -0.365. The van der Waals surface area contributed by atoms with Crippen molar-refractivity contribution in [2.45, 2.75) is 19.4 Å². The summed E-state index contributed by atoms with van der Waals surface area (Å²) in [5.74, 6) is -0.127. The van der Waals surface area contributed by atoms with Crippen LogP contribution in [0.5, 0.6) is 0 Å². The Balaban J connectivity index is 1.60. The second-order valence-electron chi connectivity index (χ2n) is 5.98. The summed E-state index contributed by atoms with van der Waals surface area (Å²) in [6.45, 7) is 5.49. The smallest absolute Gasteiger partial charge is 0.414 e. The fourth-order valence-corrected chi connectivity index (χ4v) is 2.96. The molecule has 24 heavy (non-hydrogen) atoms. The van der Waals surface area contributed by atoms with Crippen molar-refractivity contribution < 1.29 is 19.1 Å². The van der Waals surface area contributed by atoms with E-state index in [2.05, 4.69) is 16.3 Å². The van der Waals surface area contributed by atoms with E-state index in [0.717, 1.165) is 44.1 Å². The van der Waals surface area contributed by atoms with Crippen LogP contribution in [0.25, 0.3) is 0 Å². The monoisotopic (exact) mass is 333 g/mol. The SMILES string of the molecule is CC(=O)NCC1CN(C2=CCC=C(N3CCOCC3)C=C2)C(=O)O1. The van der Waals surface area contributed by atoms with Crippen molar-refractivity contribution in [3.8, 4) is 0 Å². The highest BCUT2D eigenvalue weighted by atomic mass is 16.6. The number of nitrogens with zero attached hydrogens (tertiary/aromatic N) is 2. The fourth-order valence-electron chi connectivity index (χ4n) is 2.96. The van der Waals surface area contributed by atoms with E-state index in [4.69, 9.17) is 9.47 Å². The first kappa shape index (κ1) is 16.6. The van der Waals surface area contributed by atoms with Crippen LogP contribution in [0.2, 0.25) is 0 Å². The molecule has 1 atom stereocenters. The second kappa shape index (κ2) is 7.53. The lowest BCUT2D eigenvalue weighted by Gasteiger charge is -2.29. The third kappa shape index (κ3) is 3.97. The van der Waals surface area contributed by atoms with Gasteiger partial charge in [-0.05, 0) is 18.6 Å². The predicted molar refractivity (Wildman–Crippen MR) is 88.0 cm³/mol. The van der Waals surface area contributed by atoms with E-state index < -0.39 is 0 Å². The summed E-state index contributed by atoms with van der Waals surface area (Å²) in [4.78, 5) is 27.0. The van der Waals surface area contributed by atoms with Crippen molar-refractivity contribution >= 4 is 12.0 Å². The summed E-state index contributed by atoms with van der Waals surface area (Å²) in [5.41, 5.74) is 2.00. The minimum Gasteiger partial charge on any atom is -0.442 e. The topological polar surface area (TPSA) is 71.1 Å². The van der Waals surface area contributed by atoms with Crippen LogP contribution in [0.1, 0.15) is 13.3 Å². The van der Waals surface area contributed by atoms with E-state index in [1.807, 2.05) is 18.2 Å². The average molecular weight is 333 g/mol. The molecule has 1 unspecified atom stereocenters. The molecular weight excluding hydrogens is 310 g/mol. The molecule has 7 nitrogen and oxygen atoms in total. The zero-order valence-corrected chi connectivity index (χ0v) is 13.9. The van der Waals surface area contributed by atoms with Gasteiger partial charge in [0, 0.05) is 31.4 Å². The van der Waals surface area contributed by atoms with E-state index in [1.165, 1.54) is 6.92 Å². The number of morpholine rings is 1. The van der Waals surface area contributed by atoms with Gasteiger partial charge in [0.25, 0.3) is 0 Å². The van der Waals surface area contributed by atoms with Gasteiger partial charge in [-0.2, -0.15) is 0 Å². The van der Waals surface area contributed by atoms with Gasteiger partial charge < -0.3 is 19.7 Å². The molecule has 130 valence electrons. The second-order valence-corrected chi connectivity index (χ2v) is 5.98. The Hall–Kier alpha value is -2.28. The summed E-state index contributed by atoms with van der Waals surface area (Å²) in [7, 11) is 0. The van der Waals surface area contributed by atoms with E-state index in [1.54, 1.807) is 4.90 Å². The molecule has 0 saturated carbocycles. The minimum absolute atomic E-state index is 0.127. The normalized spacial score (nSPS) is 24.2. The Labute approximate surface area is 141 Å². The van der Waals surface area contributed by atoms with E-state index in [-0.39, 0.29) is 18.1 Å². The van der Waals surface area contributed by atoms with E-state index in [9.17, 15) is 9.59 Å². The number of rotatable bonds is 4. The summed E-state index contributed by atoms with van der Waals surface area (Å²) < 4.78 is 10.7. The molecule has 7 heteroatoms. The number of hydrogen-bond donors (Lipinski definition) is 1. The Morgan fingerprint density at radius 2 is 1.96 bits per heavy atom. The molecule has 2 fully saturated rings. The number of ether oxygens (including phenoxy) is 2. The van der Waals surface area contributed by atoms with E-state index in [0.29, 0.717) is 13.1 Å². The van der Waals surface area contributed by atoms with Gasteiger partial charge in [0.1, 0.15) is 6.10 Å². The molecule has 0 aromatic carbocycles. The van der Waals surface area contributed by atoms with Gasteiger partial charge in [0.05, 0.1) is 26.3 Å². The number of allylic oxidation sites excluding steroid dienone is 4. The van der Waals surface area contributed by atoms with Gasteiger partial charge in [-0.1, -0.05) is 12.2 Å². The van der Waals surface area contributed by atoms with Crippen LogP contribution in [0.4, 0.5) is 4.79 Å². The standard InChI is InChI=1S/C17H23N3O4/c1-13(21)18-11-16-12-20(17(22)24-16)15-4-2-3-14(5-6-15)19-7-9-23-10-8-19/h3-6,16H,2,7-12H2,1H3,(H,18,21). The highest BCUT2D eigenvalue weighted by Crippen LogP contribution is 2.22. The summed E-state index contributed by atoms with van der Waals surface area (Å²) in [6.07, 6.45) is 8.25. The van der Waals surface area contributed by atoms with Gasteiger partial charge in [-0.15, -0.1) is 0 Å². The van der Waals surface area contributed by atoms with Crippen LogP contribution < -0.4 is 5.32 Å². The maximum absolute atomic E-state index is 12.1. The highest BCUT2D eigenvalue weighted by molar-refractivity contribution is 5.74. The molecule has 2 amide bonds. The third-order valence-corrected chi connectivity index (χ3v) is 4.22. The Kier molecular flexibility index (Phi) is 5.20. The number of cyclic esters (lactones) is 1. The van der Waals surface area contributed by atoms with Crippen LogP contribution in [-0.2, 0) is 14.3 Å². The van der Waals surface area contributed by atoms with E-state index >= 15 is 0 Å². The first-order chi connectivity index (χ1) is 11.6. The van der Waals surface area contributed by atoms with Crippen molar-refractivity contribution in [2.24, 2.45) is 0 Å². The van der Waals surface area contributed by atoms with Crippen molar-refractivity contribution in [2.75, 3.05) is 39.4 Å². The lowest BCUT2D eigenvalue weighted by atomic mass is 10.2. The lowest BCUT2D eigenvalue weighted by Crippen LogP contribution is -2.35. The molecule has 2 saturated heterocycles. The summed E-state index contributed by atoms with van der Waals surface area (Å²) >= 11 is 0. The number of carbonyl (C=O) groups is 2.